The Labute approximate surface area is 264 Å². The van der Waals surface area contributed by atoms with Crippen molar-refractivity contribution in [1.82, 2.24) is 4.90 Å². The Morgan fingerprint density at radius 1 is 1.02 bits per heavy atom. The van der Waals surface area contributed by atoms with Crippen molar-refractivity contribution in [2.24, 2.45) is 34.5 Å². The first-order valence-corrected chi connectivity index (χ1v) is 16.2. The molecule has 11 heteroatoms. The fourth-order valence-corrected chi connectivity index (χ4v) is 12.4. The highest BCUT2D eigenvalue weighted by atomic mass is 16.6. The molecule has 1 aromatic carbocycles. The van der Waals surface area contributed by atoms with Crippen LogP contribution in [-0.4, -0.2) is 123 Å². The average molecular weight is 630 g/mol. The maximum atomic E-state index is 13.7. The zero-order valence-electron chi connectivity index (χ0n) is 27.0. The highest BCUT2D eigenvalue weighted by molar-refractivity contribution is 5.89. The molecule has 2 N–H and O–H groups in total. The van der Waals surface area contributed by atoms with Crippen molar-refractivity contribution in [1.29, 1.82) is 0 Å². The predicted molar refractivity (Wildman–Crippen MR) is 159 cm³/mol. The lowest BCUT2D eigenvalue weighted by Crippen LogP contribution is -2.80. The molecule has 0 unspecified atom stereocenters. The van der Waals surface area contributed by atoms with Gasteiger partial charge in [0, 0.05) is 76.5 Å². The molecule has 1 saturated heterocycles. The van der Waals surface area contributed by atoms with E-state index >= 15 is 0 Å². The molecule has 11 nitrogen and oxygen atoms in total. The van der Waals surface area contributed by atoms with Gasteiger partial charge >= 0.3 is 11.9 Å². The monoisotopic (exact) mass is 629 g/mol. The summed E-state index contributed by atoms with van der Waals surface area (Å²) < 4.78 is 37.7. The average Bonchev–Trinajstić information content (AvgIpc) is 3.40. The van der Waals surface area contributed by atoms with E-state index in [0.717, 1.165) is 19.4 Å². The summed E-state index contributed by atoms with van der Waals surface area (Å²) in [6.07, 6.45) is -2.64. The summed E-state index contributed by atoms with van der Waals surface area (Å²) in [5.41, 5.74) is -3.92. The number of aliphatic hydroxyl groups is 2. The third kappa shape index (κ3) is 3.66. The van der Waals surface area contributed by atoms with Crippen LogP contribution in [0.15, 0.2) is 30.3 Å². The first-order valence-electron chi connectivity index (χ1n) is 16.2. The molecule has 0 amide bonds. The normalized spacial score (nSPS) is 49.1. The number of piperidine rings is 1. The number of rotatable bonds is 9. The molecule has 0 radical (unpaired) electrons. The number of carbonyl (C=O) groups is 2. The lowest BCUT2D eigenvalue weighted by molar-refractivity contribution is -0.317. The fourth-order valence-electron chi connectivity index (χ4n) is 12.4. The van der Waals surface area contributed by atoms with E-state index in [4.69, 9.17) is 28.4 Å². The number of likely N-dealkylation sites (tertiary alicyclic amines) is 1. The van der Waals surface area contributed by atoms with Gasteiger partial charge < -0.3 is 38.6 Å². The Morgan fingerprint density at radius 2 is 1.76 bits per heavy atom. The highest BCUT2D eigenvalue weighted by Crippen LogP contribution is 2.80. The third-order valence-electron chi connectivity index (χ3n) is 13.0. The number of ether oxygens (including phenoxy) is 6. The van der Waals surface area contributed by atoms with E-state index < -0.39 is 64.8 Å². The van der Waals surface area contributed by atoms with Gasteiger partial charge in [-0.1, -0.05) is 25.1 Å². The molecule has 248 valence electrons. The molecule has 6 aliphatic rings. The van der Waals surface area contributed by atoms with Gasteiger partial charge in [0.2, 0.25) is 0 Å². The molecule has 1 heterocycles. The lowest BCUT2D eigenvalue weighted by atomic mass is 9.43. The number of nitrogens with zero attached hydrogens (tertiary/aromatic N) is 1. The van der Waals surface area contributed by atoms with Crippen molar-refractivity contribution >= 4 is 11.9 Å². The van der Waals surface area contributed by atoms with Crippen molar-refractivity contribution in [3.63, 3.8) is 0 Å². The minimum Gasteiger partial charge on any atom is -0.455 e. The van der Waals surface area contributed by atoms with Gasteiger partial charge in [0.25, 0.3) is 0 Å². The first kappa shape index (κ1) is 31.5. The van der Waals surface area contributed by atoms with Crippen molar-refractivity contribution in [3.8, 4) is 0 Å². The largest absolute Gasteiger partial charge is 0.455 e. The molecule has 6 fully saturated rings. The summed E-state index contributed by atoms with van der Waals surface area (Å²) in [7, 11) is 6.59. The van der Waals surface area contributed by atoms with Crippen LogP contribution in [0, 0.1) is 34.5 Å². The van der Waals surface area contributed by atoms with E-state index in [2.05, 4.69) is 11.8 Å². The Kier molecular flexibility index (Phi) is 7.48. The number of hydrogen-bond donors (Lipinski definition) is 2. The number of carbonyl (C=O) groups excluding carboxylic acids is 2. The van der Waals surface area contributed by atoms with Gasteiger partial charge in [-0.2, -0.15) is 0 Å². The van der Waals surface area contributed by atoms with Crippen LogP contribution in [0.4, 0.5) is 0 Å². The Hall–Kier alpha value is -2.12. The van der Waals surface area contributed by atoms with Gasteiger partial charge in [-0.25, -0.2) is 4.79 Å². The molecule has 5 saturated carbocycles. The third-order valence-corrected chi connectivity index (χ3v) is 13.0. The predicted octanol–water partition coefficient (Wildman–Crippen LogP) is 1.68. The minimum absolute atomic E-state index is 0.101. The number of benzene rings is 1. The molecule has 1 aromatic rings. The number of aliphatic hydroxyl groups excluding tert-OH is 1. The molecule has 14 atom stereocenters. The minimum atomic E-state index is -1.76. The van der Waals surface area contributed by atoms with Gasteiger partial charge in [-0.05, 0) is 43.9 Å². The molecule has 7 bridgehead atoms. The maximum absolute atomic E-state index is 13.7. The van der Waals surface area contributed by atoms with Crippen LogP contribution in [0.1, 0.15) is 43.5 Å². The highest BCUT2D eigenvalue weighted by Gasteiger charge is 2.91. The van der Waals surface area contributed by atoms with Gasteiger partial charge in [0.1, 0.15) is 23.9 Å². The maximum Gasteiger partial charge on any atom is 0.338 e. The molecule has 7 rings (SSSR count). The smallest absolute Gasteiger partial charge is 0.338 e. The van der Waals surface area contributed by atoms with Gasteiger partial charge in [0.15, 0.2) is 5.60 Å². The van der Waals surface area contributed by atoms with Crippen LogP contribution < -0.4 is 0 Å². The summed E-state index contributed by atoms with van der Waals surface area (Å²) in [5.74, 6) is -2.95. The summed E-state index contributed by atoms with van der Waals surface area (Å²) in [6.45, 7) is 5.44. The Balaban J connectivity index is 1.52. The van der Waals surface area contributed by atoms with E-state index in [1.54, 1.807) is 45.6 Å². The molecule has 1 spiro atoms. The van der Waals surface area contributed by atoms with Crippen molar-refractivity contribution in [3.05, 3.63) is 35.9 Å². The summed E-state index contributed by atoms with van der Waals surface area (Å²) in [5, 5.41) is 25.3. The van der Waals surface area contributed by atoms with Crippen LogP contribution in [0.5, 0.6) is 0 Å². The fraction of sp³-hybridized carbons (Fsp3) is 0.765. The van der Waals surface area contributed by atoms with E-state index in [1.807, 2.05) is 6.07 Å². The van der Waals surface area contributed by atoms with Crippen molar-refractivity contribution in [2.75, 3.05) is 48.1 Å². The van der Waals surface area contributed by atoms with Crippen molar-refractivity contribution < 1.29 is 48.2 Å². The van der Waals surface area contributed by atoms with Gasteiger partial charge in [0.05, 0.1) is 24.4 Å². The van der Waals surface area contributed by atoms with Gasteiger partial charge in [-0.15, -0.1) is 0 Å². The van der Waals surface area contributed by atoms with Crippen LogP contribution in [0.3, 0.4) is 0 Å². The zero-order chi connectivity index (χ0) is 32.1. The van der Waals surface area contributed by atoms with E-state index in [-0.39, 0.29) is 35.8 Å². The Morgan fingerprint density at radius 3 is 2.36 bits per heavy atom. The molecular formula is C34H47NO10. The summed E-state index contributed by atoms with van der Waals surface area (Å²) in [6, 6.07) is 8.42. The first-order chi connectivity index (χ1) is 21.6. The zero-order valence-corrected chi connectivity index (χ0v) is 27.0. The molecule has 0 aromatic heterocycles. The van der Waals surface area contributed by atoms with Crippen LogP contribution in [0.25, 0.3) is 0 Å². The second-order valence-corrected chi connectivity index (χ2v) is 14.3. The number of methoxy groups -OCH3 is 4. The molecule has 1 aliphatic heterocycles. The second kappa shape index (κ2) is 10.7. The summed E-state index contributed by atoms with van der Waals surface area (Å²) in [4.78, 5) is 29.4. The number of esters is 2. The second-order valence-electron chi connectivity index (χ2n) is 14.3. The van der Waals surface area contributed by atoms with Crippen LogP contribution in [0.2, 0.25) is 0 Å². The topological polar surface area (TPSA) is 133 Å². The summed E-state index contributed by atoms with van der Waals surface area (Å²) >= 11 is 0. The van der Waals surface area contributed by atoms with E-state index in [1.165, 1.54) is 14.0 Å². The Bertz CT molecular complexity index is 1330. The molecule has 45 heavy (non-hydrogen) atoms. The van der Waals surface area contributed by atoms with E-state index in [0.29, 0.717) is 18.7 Å². The van der Waals surface area contributed by atoms with Crippen LogP contribution >= 0.6 is 0 Å². The molecular weight excluding hydrogens is 582 g/mol. The molecule has 5 aliphatic carbocycles. The SMILES string of the molecule is CCN1C[C@]2(COC)CC[C@H](OC)[C@@]34[C@@H]5C[C@@]6(O)[C@@H](OC(=O)c7ccccc7)[C@@H]5[C@@](OC(C)=O)([C@@H]([C@H](OC)[C@H]23)[C@@H]14)[C@@H](O)[C@@H]6OC. The standard InChI is InChI=1S/C34H47NO10/c1-7-35-16-31(17-40-3)14-13-21(41-4)33-20-15-32(39)28(44-30(38)19-11-9-8-10-12-19)22(20)34(45-18(2)36,27(37)29(32)43-6)23(26(33)35)24(42-5)25(31)33/h8-12,20-29,37,39H,7,13-17H2,1-6H3/t20-,21+,22-,23+,24+,25-,26-,27+,28+,29+,31+,32-,33+,34-/m1/s1. The van der Waals surface area contributed by atoms with Crippen molar-refractivity contribution in [2.45, 2.75) is 80.9 Å². The van der Waals surface area contributed by atoms with E-state index in [9.17, 15) is 19.8 Å². The lowest BCUT2D eigenvalue weighted by Gasteiger charge is -2.69. The van der Waals surface area contributed by atoms with Crippen LogP contribution in [-0.2, 0) is 33.2 Å². The quantitative estimate of drug-likeness (QED) is 0.387. The number of hydrogen-bond acceptors (Lipinski definition) is 11. The van der Waals surface area contributed by atoms with Gasteiger partial charge in [-0.3, -0.25) is 9.69 Å². The number of fused-ring (bicyclic) bond motifs is 2.